The van der Waals surface area contributed by atoms with Gasteiger partial charge >= 0.3 is 0 Å². The molecule has 0 radical (unpaired) electrons. The highest BCUT2D eigenvalue weighted by Crippen LogP contribution is 2.28. The predicted octanol–water partition coefficient (Wildman–Crippen LogP) is 3.28. The number of nitrogens with zero attached hydrogens (tertiary/aromatic N) is 2. The molecule has 1 aromatic rings. The molecule has 2 rings (SSSR count). The molecule has 4 heteroatoms. The minimum absolute atomic E-state index is 0.254. The molecule has 21 heavy (non-hydrogen) atoms. The Labute approximate surface area is 129 Å². The van der Waals surface area contributed by atoms with Gasteiger partial charge in [-0.1, -0.05) is 32.9 Å². The van der Waals surface area contributed by atoms with E-state index in [1.807, 2.05) is 13.8 Å². The fraction of sp³-hybridized carbons (Fsp3) is 0.824. The van der Waals surface area contributed by atoms with Crippen molar-refractivity contribution < 1.29 is 4.52 Å². The molecule has 2 heterocycles. The quantitative estimate of drug-likeness (QED) is 0.904. The Morgan fingerprint density at radius 1 is 1.33 bits per heavy atom. The van der Waals surface area contributed by atoms with Gasteiger partial charge in [0.25, 0.3) is 0 Å². The highest BCUT2D eigenvalue weighted by atomic mass is 16.5. The van der Waals surface area contributed by atoms with Gasteiger partial charge in [0.2, 0.25) is 0 Å². The van der Waals surface area contributed by atoms with Gasteiger partial charge in [0.15, 0.2) is 0 Å². The van der Waals surface area contributed by atoms with Crippen LogP contribution in [0.2, 0.25) is 0 Å². The van der Waals surface area contributed by atoms with Gasteiger partial charge < -0.3 is 9.84 Å². The van der Waals surface area contributed by atoms with Gasteiger partial charge in [0, 0.05) is 36.8 Å². The smallest absolute Gasteiger partial charge is 0.138 e. The Morgan fingerprint density at radius 2 is 2.00 bits per heavy atom. The Bertz CT molecular complexity index is 443. The first-order chi connectivity index (χ1) is 9.92. The van der Waals surface area contributed by atoms with Crippen LogP contribution >= 0.6 is 0 Å². The highest BCUT2D eigenvalue weighted by Gasteiger charge is 2.38. The van der Waals surface area contributed by atoms with Crippen LogP contribution in [0.1, 0.15) is 57.6 Å². The minimum atomic E-state index is 0.254. The van der Waals surface area contributed by atoms with Crippen LogP contribution < -0.4 is 5.32 Å². The number of piperazine rings is 1. The van der Waals surface area contributed by atoms with E-state index >= 15 is 0 Å². The number of hydrogen-bond donors (Lipinski definition) is 1. The summed E-state index contributed by atoms with van der Waals surface area (Å²) in [7, 11) is 0. The summed E-state index contributed by atoms with van der Waals surface area (Å²) in [4.78, 5) is 2.64. The van der Waals surface area contributed by atoms with Gasteiger partial charge in [-0.05, 0) is 32.6 Å². The molecule has 1 aliphatic rings. The van der Waals surface area contributed by atoms with Crippen molar-refractivity contribution in [1.29, 1.82) is 0 Å². The van der Waals surface area contributed by atoms with E-state index < -0.39 is 0 Å². The molecular weight excluding hydrogens is 262 g/mol. The molecule has 0 aliphatic carbocycles. The summed E-state index contributed by atoms with van der Waals surface area (Å²) in [5.41, 5.74) is 2.56. The van der Waals surface area contributed by atoms with Crippen LogP contribution in [0.25, 0.3) is 0 Å². The standard InChI is InChI=1S/C17H31N3O/c1-7-17(8-2)11-20(16(9-18-17)12(3)4)10-15-13(5)19-21-14(15)6/h12,16,18H,7-11H2,1-6H3. The average Bonchev–Trinajstić information content (AvgIpc) is 2.78. The van der Waals surface area contributed by atoms with E-state index in [1.54, 1.807) is 0 Å². The SMILES string of the molecule is CCC1(CC)CN(Cc2c(C)noc2C)C(C(C)C)CN1. The van der Waals surface area contributed by atoms with Gasteiger partial charge in [-0.3, -0.25) is 4.90 Å². The van der Waals surface area contributed by atoms with Gasteiger partial charge in [-0.15, -0.1) is 0 Å². The van der Waals surface area contributed by atoms with Crippen molar-refractivity contribution in [2.24, 2.45) is 5.92 Å². The molecule has 1 unspecified atom stereocenters. The second-order valence-corrected chi connectivity index (χ2v) is 6.89. The predicted molar refractivity (Wildman–Crippen MR) is 86.3 cm³/mol. The van der Waals surface area contributed by atoms with Gasteiger partial charge in [0.05, 0.1) is 5.69 Å². The van der Waals surface area contributed by atoms with E-state index in [0.29, 0.717) is 12.0 Å². The minimum Gasteiger partial charge on any atom is -0.361 e. The fourth-order valence-electron chi connectivity index (χ4n) is 3.50. The molecule has 1 atom stereocenters. The molecule has 0 saturated carbocycles. The molecule has 4 nitrogen and oxygen atoms in total. The van der Waals surface area contributed by atoms with Crippen molar-refractivity contribution in [3.63, 3.8) is 0 Å². The van der Waals surface area contributed by atoms with Crippen molar-refractivity contribution in [2.45, 2.75) is 72.5 Å². The second kappa shape index (κ2) is 6.49. The molecule has 1 fully saturated rings. The average molecular weight is 293 g/mol. The van der Waals surface area contributed by atoms with E-state index in [2.05, 4.69) is 43.1 Å². The summed E-state index contributed by atoms with van der Waals surface area (Å²) in [5, 5.41) is 7.93. The molecular formula is C17H31N3O. The molecule has 1 aromatic heterocycles. The van der Waals surface area contributed by atoms with E-state index in [1.165, 1.54) is 18.4 Å². The van der Waals surface area contributed by atoms with Crippen LogP contribution in [0, 0.1) is 19.8 Å². The first-order valence-corrected chi connectivity index (χ1v) is 8.33. The van der Waals surface area contributed by atoms with Crippen LogP contribution in [-0.2, 0) is 6.54 Å². The zero-order valence-electron chi connectivity index (χ0n) is 14.5. The van der Waals surface area contributed by atoms with Gasteiger partial charge in [0.1, 0.15) is 5.76 Å². The maximum Gasteiger partial charge on any atom is 0.138 e. The number of nitrogens with one attached hydrogen (secondary N) is 1. The van der Waals surface area contributed by atoms with E-state index in [0.717, 1.165) is 31.1 Å². The van der Waals surface area contributed by atoms with Crippen LogP contribution in [0.15, 0.2) is 4.52 Å². The molecule has 0 amide bonds. The Balaban J connectivity index is 2.22. The highest BCUT2D eigenvalue weighted by molar-refractivity contribution is 5.21. The molecule has 0 aromatic carbocycles. The van der Waals surface area contributed by atoms with E-state index in [-0.39, 0.29) is 5.54 Å². The summed E-state index contributed by atoms with van der Waals surface area (Å²) in [6.07, 6.45) is 2.35. The molecule has 0 spiro atoms. The lowest BCUT2D eigenvalue weighted by molar-refractivity contribution is 0.0439. The Kier molecular flexibility index (Phi) is 5.10. The van der Waals surface area contributed by atoms with Crippen molar-refractivity contribution in [3.8, 4) is 0 Å². The lowest BCUT2D eigenvalue weighted by atomic mass is 9.86. The molecule has 1 aliphatic heterocycles. The maximum absolute atomic E-state index is 5.34. The van der Waals surface area contributed by atoms with Crippen molar-refractivity contribution in [2.75, 3.05) is 13.1 Å². The Hall–Kier alpha value is -0.870. The number of rotatable bonds is 5. The second-order valence-electron chi connectivity index (χ2n) is 6.89. The van der Waals surface area contributed by atoms with Crippen LogP contribution in [-0.4, -0.2) is 34.7 Å². The molecule has 120 valence electrons. The van der Waals surface area contributed by atoms with Gasteiger partial charge in [-0.25, -0.2) is 0 Å². The van der Waals surface area contributed by atoms with Crippen molar-refractivity contribution in [3.05, 3.63) is 17.0 Å². The van der Waals surface area contributed by atoms with Gasteiger partial charge in [-0.2, -0.15) is 0 Å². The van der Waals surface area contributed by atoms with Crippen molar-refractivity contribution >= 4 is 0 Å². The third-order valence-electron chi connectivity index (χ3n) is 5.33. The third kappa shape index (κ3) is 3.32. The first kappa shape index (κ1) is 16.5. The lowest BCUT2D eigenvalue weighted by Crippen LogP contribution is -2.64. The normalized spacial score (nSPS) is 22.9. The summed E-state index contributed by atoms with van der Waals surface area (Å²) in [5.74, 6) is 1.61. The molecule has 0 bridgehead atoms. The number of hydrogen-bond acceptors (Lipinski definition) is 4. The Morgan fingerprint density at radius 3 is 2.48 bits per heavy atom. The molecule has 1 saturated heterocycles. The lowest BCUT2D eigenvalue weighted by Gasteiger charge is -2.49. The van der Waals surface area contributed by atoms with Crippen LogP contribution in [0.5, 0.6) is 0 Å². The summed E-state index contributed by atoms with van der Waals surface area (Å²) in [6, 6.07) is 0.574. The largest absolute Gasteiger partial charge is 0.361 e. The topological polar surface area (TPSA) is 41.3 Å². The summed E-state index contributed by atoms with van der Waals surface area (Å²) >= 11 is 0. The number of aryl methyl sites for hydroxylation is 2. The zero-order valence-corrected chi connectivity index (χ0v) is 14.5. The maximum atomic E-state index is 5.34. The molecule has 1 N–H and O–H groups in total. The monoisotopic (exact) mass is 293 g/mol. The van der Waals surface area contributed by atoms with Crippen molar-refractivity contribution in [1.82, 2.24) is 15.4 Å². The van der Waals surface area contributed by atoms with E-state index in [4.69, 9.17) is 4.52 Å². The summed E-state index contributed by atoms with van der Waals surface area (Å²) in [6.45, 7) is 16.4. The number of aromatic nitrogens is 1. The third-order valence-corrected chi connectivity index (χ3v) is 5.33. The van der Waals surface area contributed by atoms with Crippen LogP contribution in [0.3, 0.4) is 0 Å². The summed E-state index contributed by atoms with van der Waals surface area (Å²) < 4.78 is 5.34. The first-order valence-electron chi connectivity index (χ1n) is 8.33. The van der Waals surface area contributed by atoms with E-state index in [9.17, 15) is 0 Å². The van der Waals surface area contributed by atoms with Crippen LogP contribution in [0.4, 0.5) is 0 Å². The fourth-order valence-corrected chi connectivity index (χ4v) is 3.50. The zero-order chi connectivity index (χ0) is 15.6.